The topological polar surface area (TPSA) is 98.3 Å². The molecule has 6 nitrogen and oxygen atoms in total. The largest absolute Gasteiger partial charge is 0.396 e. The minimum absolute atomic E-state index is 0.0939. The lowest BCUT2D eigenvalue weighted by molar-refractivity contribution is -0.385. The van der Waals surface area contributed by atoms with Crippen molar-refractivity contribution in [1.82, 2.24) is 0 Å². The lowest BCUT2D eigenvalue weighted by Crippen LogP contribution is -2.14. The Morgan fingerprint density at radius 1 is 1.33 bits per heavy atom. The lowest BCUT2D eigenvalue weighted by Gasteiger charge is -2.08. The fraction of sp³-hybridized carbons (Fsp3) is 0.0714. The van der Waals surface area contributed by atoms with Crippen molar-refractivity contribution >= 4 is 23.0 Å². The highest BCUT2D eigenvalue weighted by Gasteiger charge is 2.18. The zero-order valence-corrected chi connectivity index (χ0v) is 11.1. The molecule has 0 heterocycles. The van der Waals surface area contributed by atoms with Crippen molar-refractivity contribution in [2.45, 2.75) is 6.92 Å². The smallest absolute Gasteiger partial charge is 0.273 e. The standard InChI is InChI=1S/C14H12FN3O3/c1-8-10(3-2-4-13(8)18(20)21)14(19)17-9-5-6-11(15)12(16)7-9/h2-7H,16H2,1H3,(H,17,19). The predicted molar refractivity (Wildman–Crippen MR) is 76.6 cm³/mol. The van der Waals surface area contributed by atoms with Crippen molar-refractivity contribution in [1.29, 1.82) is 0 Å². The van der Waals surface area contributed by atoms with Crippen LogP contribution in [0, 0.1) is 22.9 Å². The number of rotatable bonds is 3. The maximum absolute atomic E-state index is 13.1. The van der Waals surface area contributed by atoms with Gasteiger partial charge in [0.15, 0.2) is 0 Å². The molecule has 21 heavy (non-hydrogen) atoms. The number of nitrogen functional groups attached to an aromatic ring is 1. The van der Waals surface area contributed by atoms with Gasteiger partial charge in [0.05, 0.1) is 10.6 Å². The number of hydrogen-bond donors (Lipinski definition) is 2. The molecule has 0 unspecified atom stereocenters. The predicted octanol–water partition coefficient (Wildman–Crippen LogP) is 2.88. The van der Waals surface area contributed by atoms with E-state index in [0.717, 1.165) is 6.07 Å². The van der Waals surface area contributed by atoms with E-state index in [4.69, 9.17) is 5.73 Å². The van der Waals surface area contributed by atoms with Crippen LogP contribution in [0.5, 0.6) is 0 Å². The third-order valence-corrected chi connectivity index (χ3v) is 3.00. The van der Waals surface area contributed by atoms with Crippen LogP contribution < -0.4 is 11.1 Å². The van der Waals surface area contributed by atoms with E-state index in [2.05, 4.69) is 5.32 Å². The Kier molecular flexibility index (Phi) is 3.84. The average molecular weight is 289 g/mol. The molecular weight excluding hydrogens is 277 g/mol. The number of halogens is 1. The lowest BCUT2D eigenvalue weighted by atomic mass is 10.1. The van der Waals surface area contributed by atoms with Gasteiger partial charge in [-0.15, -0.1) is 0 Å². The molecule has 2 aromatic rings. The zero-order chi connectivity index (χ0) is 15.6. The molecule has 0 aliphatic rings. The first-order valence-electron chi connectivity index (χ1n) is 6.00. The van der Waals surface area contributed by atoms with E-state index in [9.17, 15) is 19.3 Å². The Morgan fingerprint density at radius 2 is 2.05 bits per heavy atom. The number of nitro benzene ring substituents is 1. The van der Waals surface area contributed by atoms with E-state index >= 15 is 0 Å². The van der Waals surface area contributed by atoms with Gasteiger partial charge < -0.3 is 11.1 Å². The molecule has 0 aliphatic carbocycles. The van der Waals surface area contributed by atoms with Gasteiger partial charge in [-0.1, -0.05) is 6.07 Å². The van der Waals surface area contributed by atoms with Crippen molar-refractivity contribution in [2.24, 2.45) is 0 Å². The van der Waals surface area contributed by atoms with Crippen LogP contribution in [0.25, 0.3) is 0 Å². The van der Waals surface area contributed by atoms with Crippen LogP contribution in [0.3, 0.4) is 0 Å². The van der Waals surface area contributed by atoms with E-state index in [-0.39, 0.29) is 22.5 Å². The van der Waals surface area contributed by atoms with Crippen LogP contribution in [-0.2, 0) is 0 Å². The molecule has 0 fully saturated rings. The highest BCUT2D eigenvalue weighted by molar-refractivity contribution is 6.06. The summed E-state index contributed by atoms with van der Waals surface area (Å²) < 4.78 is 13.1. The summed E-state index contributed by atoms with van der Waals surface area (Å²) in [7, 11) is 0. The van der Waals surface area contributed by atoms with Gasteiger partial charge in [-0.2, -0.15) is 0 Å². The van der Waals surface area contributed by atoms with Crippen LogP contribution >= 0.6 is 0 Å². The minimum Gasteiger partial charge on any atom is -0.396 e. The fourth-order valence-electron chi connectivity index (χ4n) is 1.89. The Bertz CT molecular complexity index is 731. The molecule has 0 saturated carbocycles. The van der Waals surface area contributed by atoms with Crippen LogP contribution in [-0.4, -0.2) is 10.8 Å². The molecule has 1 amide bonds. The quantitative estimate of drug-likeness (QED) is 0.515. The molecule has 108 valence electrons. The number of hydrogen-bond acceptors (Lipinski definition) is 4. The Hall–Kier alpha value is -2.96. The van der Waals surface area contributed by atoms with Crippen molar-refractivity contribution < 1.29 is 14.1 Å². The van der Waals surface area contributed by atoms with Crippen LogP contribution in [0.15, 0.2) is 36.4 Å². The maximum atomic E-state index is 13.1. The SMILES string of the molecule is Cc1c(C(=O)Nc2ccc(F)c(N)c2)cccc1[N+](=O)[O-]. The second-order valence-corrected chi connectivity index (χ2v) is 4.40. The van der Waals surface area contributed by atoms with E-state index in [0.29, 0.717) is 5.69 Å². The van der Waals surface area contributed by atoms with E-state index < -0.39 is 16.6 Å². The molecule has 0 aromatic heterocycles. The van der Waals surface area contributed by atoms with Gasteiger partial charge in [0, 0.05) is 22.9 Å². The summed E-state index contributed by atoms with van der Waals surface area (Å²) in [5, 5.41) is 13.4. The number of carbonyl (C=O) groups is 1. The first-order chi connectivity index (χ1) is 9.90. The molecule has 0 aliphatic heterocycles. The molecule has 0 spiro atoms. The number of nitrogens with one attached hydrogen (secondary N) is 1. The molecule has 3 N–H and O–H groups in total. The van der Waals surface area contributed by atoms with E-state index in [1.807, 2.05) is 0 Å². The van der Waals surface area contributed by atoms with Crippen molar-refractivity contribution in [3.05, 3.63) is 63.5 Å². The van der Waals surface area contributed by atoms with Gasteiger partial charge in [-0.25, -0.2) is 4.39 Å². The van der Waals surface area contributed by atoms with Crippen molar-refractivity contribution in [3.63, 3.8) is 0 Å². The van der Waals surface area contributed by atoms with Gasteiger partial charge in [-0.3, -0.25) is 14.9 Å². The first-order valence-corrected chi connectivity index (χ1v) is 6.00. The number of anilines is 2. The molecule has 0 radical (unpaired) electrons. The third kappa shape index (κ3) is 2.97. The second kappa shape index (κ2) is 5.58. The minimum atomic E-state index is -0.584. The number of nitrogens with zero attached hydrogens (tertiary/aromatic N) is 1. The highest BCUT2D eigenvalue weighted by atomic mass is 19.1. The molecule has 0 saturated heterocycles. The van der Waals surface area contributed by atoms with Gasteiger partial charge >= 0.3 is 0 Å². The summed E-state index contributed by atoms with van der Waals surface area (Å²) >= 11 is 0. The number of benzene rings is 2. The summed E-state index contributed by atoms with van der Waals surface area (Å²) in [5.74, 6) is -1.11. The van der Waals surface area contributed by atoms with Gasteiger partial charge in [0.25, 0.3) is 11.6 Å². The van der Waals surface area contributed by atoms with Crippen LogP contribution in [0.4, 0.5) is 21.5 Å². The maximum Gasteiger partial charge on any atom is 0.273 e. The van der Waals surface area contributed by atoms with Crippen molar-refractivity contribution in [3.8, 4) is 0 Å². The normalized spacial score (nSPS) is 10.2. The van der Waals surface area contributed by atoms with Gasteiger partial charge in [0.2, 0.25) is 0 Å². The van der Waals surface area contributed by atoms with Crippen LogP contribution in [0.1, 0.15) is 15.9 Å². The summed E-state index contributed by atoms with van der Waals surface area (Å²) in [6.45, 7) is 1.49. The Balaban J connectivity index is 2.30. The van der Waals surface area contributed by atoms with Gasteiger partial charge in [0.1, 0.15) is 5.82 Å². The molecular formula is C14H12FN3O3. The number of nitro groups is 1. The zero-order valence-electron chi connectivity index (χ0n) is 11.1. The number of carbonyl (C=O) groups excluding carboxylic acids is 1. The number of amides is 1. The summed E-state index contributed by atoms with van der Waals surface area (Å²) in [6, 6.07) is 7.99. The van der Waals surface area contributed by atoms with E-state index in [1.54, 1.807) is 0 Å². The van der Waals surface area contributed by atoms with E-state index in [1.165, 1.54) is 37.3 Å². The highest BCUT2D eigenvalue weighted by Crippen LogP contribution is 2.23. The molecule has 2 rings (SSSR count). The third-order valence-electron chi connectivity index (χ3n) is 3.00. The molecule has 0 bridgehead atoms. The Morgan fingerprint density at radius 3 is 2.67 bits per heavy atom. The Labute approximate surface area is 119 Å². The second-order valence-electron chi connectivity index (χ2n) is 4.40. The monoisotopic (exact) mass is 289 g/mol. The number of nitrogens with two attached hydrogens (primary N) is 1. The summed E-state index contributed by atoms with van der Waals surface area (Å²) in [6.07, 6.45) is 0. The fourth-order valence-corrected chi connectivity index (χ4v) is 1.89. The molecule has 7 heteroatoms. The molecule has 2 aromatic carbocycles. The average Bonchev–Trinajstić information content (AvgIpc) is 2.42. The molecule has 0 atom stereocenters. The summed E-state index contributed by atoms with van der Waals surface area (Å²) in [5.41, 5.74) is 5.92. The first kappa shape index (κ1) is 14.4. The van der Waals surface area contributed by atoms with Crippen molar-refractivity contribution in [2.75, 3.05) is 11.1 Å². The van der Waals surface area contributed by atoms with Gasteiger partial charge in [-0.05, 0) is 31.2 Å². The summed E-state index contributed by atoms with van der Waals surface area (Å²) in [4.78, 5) is 22.4. The van der Waals surface area contributed by atoms with Crippen LogP contribution in [0.2, 0.25) is 0 Å².